The van der Waals surface area contributed by atoms with E-state index in [1.807, 2.05) is 23.5 Å². The number of nitrogens with one attached hydrogen (secondary N) is 8. The van der Waals surface area contributed by atoms with E-state index < -0.39 is 140 Å². The van der Waals surface area contributed by atoms with Gasteiger partial charge in [0, 0.05) is 61.0 Å². The standard InChI is InChI=1S/2C23H41N4O14PS/c28-11(9-40-42(37,38)41-21-19(33)17(31)16(30)18(32)20(21)34)8-39-23(36)25-7-3-6-24-14(29)5-2-1-4-13-15-12(10-43-13)26-22(35)27-15;28-8-11(9-39-42(37,38)41-21-19(33)17(31)16(30)18(32)20(21)34)40-23(36)25-7-3-6-24-14(29)5-2-1-4-13-15-12(10-43-13)26-22(35)27-15/h2*11-13,15-21,28,30-34H,1-10H2,(H,24,29)(H,25,36)(H,37,38)(H2,26,27,35). The molecule has 0 aromatic rings. The van der Waals surface area contributed by atoms with E-state index in [0.29, 0.717) is 49.1 Å². The van der Waals surface area contributed by atoms with Crippen molar-refractivity contribution in [1.82, 2.24) is 42.5 Å². The molecule has 6 rings (SSSR count). The van der Waals surface area contributed by atoms with Crippen LogP contribution in [-0.2, 0) is 46.3 Å². The summed E-state index contributed by atoms with van der Waals surface area (Å²) >= 11 is 3.65. The van der Waals surface area contributed by atoms with Crippen LogP contribution in [0.3, 0.4) is 0 Å². The lowest BCUT2D eigenvalue weighted by Gasteiger charge is -2.41. The van der Waals surface area contributed by atoms with Gasteiger partial charge in [-0.2, -0.15) is 23.5 Å². The molecule has 0 bridgehead atoms. The number of phosphoric acid groups is 2. The third-order valence-corrected chi connectivity index (χ3v) is 19.4. The maximum Gasteiger partial charge on any atom is 0.472 e. The average Bonchev–Trinajstić information content (AvgIpc) is 2.07. The largest absolute Gasteiger partial charge is 0.472 e. The molecule has 8 amide bonds. The molecule has 4 saturated heterocycles. The molecule has 4 heterocycles. The first-order chi connectivity index (χ1) is 40.6. The van der Waals surface area contributed by atoms with E-state index in [4.69, 9.17) is 9.47 Å². The van der Waals surface area contributed by atoms with Gasteiger partial charge in [-0.3, -0.25) is 27.7 Å². The van der Waals surface area contributed by atoms with Gasteiger partial charge < -0.3 is 123 Å². The van der Waals surface area contributed by atoms with Gasteiger partial charge in [0.25, 0.3) is 0 Å². The van der Waals surface area contributed by atoms with Crippen LogP contribution in [0.5, 0.6) is 0 Å². The summed E-state index contributed by atoms with van der Waals surface area (Å²) in [6.45, 7) is -2.28. The monoisotopic (exact) mass is 1320 g/mol. The Hall–Kier alpha value is -3.54. The second-order valence-electron chi connectivity index (χ2n) is 21.0. The van der Waals surface area contributed by atoms with Crippen molar-refractivity contribution >= 4 is 75.2 Å². The highest BCUT2D eigenvalue weighted by Gasteiger charge is 2.53. The molecule has 18 unspecified atom stereocenters. The van der Waals surface area contributed by atoms with Gasteiger partial charge in [-0.1, -0.05) is 12.8 Å². The van der Waals surface area contributed by atoms with Crippen molar-refractivity contribution < 1.29 is 137 Å². The number of fused-ring (bicyclic) bond motifs is 2. The summed E-state index contributed by atoms with van der Waals surface area (Å²) < 4.78 is 52.5. The van der Waals surface area contributed by atoms with E-state index in [2.05, 4.69) is 60.6 Å². The molecule has 0 radical (unpaired) electrons. The third kappa shape index (κ3) is 22.7. The molecule has 496 valence electrons. The maximum atomic E-state index is 12.2. The number of carbonyl (C=O) groups excluding carboxylic acids is 6. The Morgan fingerprint density at radius 2 is 0.907 bits per heavy atom. The van der Waals surface area contributed by atoms with E-state index >= 15 is 0 Å². The number of phosphoric ester groups is 2. The third-order valence-electron chi connectivity index (χ3n) is 14.4. The number of hydrogen-bond acceptors (Lipinski definition) is 28. The Morgan fingerprint density at radius 3 is 1.33 bits per heavy atom. The van der Waals surface area contributed by atoms with Crippen molar-refractivity contribution in [2.75, 3.05) is 64.1 Å². The summed E-state index contributed by atoms with van der Waals surface area (Å²) in [5, 5.41) is 139. The molecule has 2 aliphatic carbocycles. The minimum Gasteiger partial charge on any atom is -0.447 e. The predicted octanol–water partition coefficient (Wildman–Crippen LogP) is -6.75. The fourth-order valence-corrected chi connectivity index (χ4v) is 14.7. The van der Waals surface area contributed by atoms with Gasteiger partial charge in [0.05, 0.1) is 44.0 Å². The molecule has 22 N–H and O–H groups in total. The van der Waals surface area contributed by atoms with E-state index in [1.54, 1.807) is 0 Å². The lowest BCUT2D eigenvalue weighted by atomic mass is 9.85. The predicted molar refractivity (Wildman–Crippen MR) is 295 cm³/mol. The van der Waals surface area contributed by atoms with Crippen LogP contribution in [0, 0.1) is 0 Å². The Morgan fingerprint density at radius 1 is 0.523 bits per heavy atom. The number of amides is 8. The zero-order valence-corrected chi connectivity index (χ0v) is 49.8. The number of urea groups is 2. The average molecular weight is 1320 g/mol. The van der Waals surface area contributed by atoms with Crippen molar-refractivity contribution in [3.8, 4) is 0 Å². The van der Waals surface area contributed by atoms with Crippen LogP contribution >= 0.6 is 39.2 Å². The molecule has 86 heavy (non-hydrogen) atoms. The molecule has 4 aliphatic heterocycles. The second kappa shape index (κ2) is 35.2. The van der Waals surface area contributed by atoms with E-state index in [9.17, 15) is 109 Å². The first-order valence-electron chi connectivity index (χ1n) is 27.8. The molecule has 40 heteroatoms. The van der Waals surface area contributed by atoms with Crippen molar-refractivity contribution in [1.29, 1.82) is 0 Å². The highest BCUT2D eigenvalue weighted by Crippen LogP contribution is 2.48. The first kappa shape index (κ1) is 73.2. The maximum absolute atomic E-state index is 12.2. The molecular formula is C46H82N8O28P2S2. The van der Waals surface area contributed by atoms with Gasteiger partial charge in [-0.05, 0) is 38.5 Å². The van der Waals surface area contributed by atoms with E-state index in [0.717, 1.165) is 43.6 Å². The molecule has 18 atom stereocenters. The second-order valence-corrected chi connectivity index (χ2v) is 26.4. The van der Waals surface area contributed by atoms with Gasteiger partial charge in [-0.25, -0.2) is 28.3 Å². The van der Waals surface area contributed by atoms with Crippen LogP contribution in [-0.4, -0.2) is 291 Å². The first-order valence-corrected chi connectivity index (χ1v) is 32.9. The minimum absolute atomic E-state index is 0.106. The smallest absolute Gasteiger partial charge is 0.447 e. The summed E-state index contributed by atoms with van der Waals surface area (Å²) in [5.41, 5.74) is 0. The summed E-state index contributed by atoms with van der Waals surface area (Å²) in [6.07, 6.45) is -22.5. The summed E-state index contributed by atoms with van der Waals surface area (Å²) in [6, 6.07) is 0.368. The van der Waals surface area contributed by atoms with Crippen molar-refractivity contribution in [3.63, 3.8) is 0 Å². The van der Waals surface area contributed by atoms with Gasteiger partial charge in [0.1, 0.15) is 86.0 Å². The molecule has 2 saturated carbocycles. The quantitative estimate of drug-likeness (QED) is 0.0169. The summed E-state index contributed by atoms with van der Waals surface area (Å²) in [4.78, 5) is 90.4. The highest BCUT2D eigenvalue weighted by molar-refractivity contribution is 8.00. The normalized spacial score (nSPS) is 33.9. The number of aliphatic hydroxyl groups excluding tert-OH is 12. The van der Waals surface area contributed by atoms with Gasteiger partial charge in [-0.15, -0.1) is 0 Å². The summed E-state index contributed by atoms with van der Waals surface area (Å²) in [7, 11) is -10.1. The van der Waals surface area contributed by atoms with Crippen molar-refractivity contribution in [2.24, 2.45) is 0 Å². The van der Waals surface area contributed by atoms with Gasteiger partial charge in [0.2, 0.25) is 11.8 Å². The fourth-order valence-electron chi connectivity index (χ4n) is 9.70. The Bertz CT molecular complexity index is 2270. The molecule has 6 fully saturated rings. The molecule has 36 nitrogen and oxygen atoms in total. The van der Waals surface area contributed by atoms with E-state index in [1.165, 1.54) is 0 Å². The fraction of sp³-hybridized carbons (Fsp3) is 0.870. The van der Waals surface area contributed by atoms with Crippen LogP contribution in [0.25, 0.3) is 0 Å². The highest BCUT2D eigenvalue weighted by atomic mass is 32.2. The van der Waals surface area contributed by atoms with Gasteiger partial charge >= 0.3 is 39.9 Å². The Balaban J connectivity index is 0.000000314. The van der Waals surface area contributed by atoms with Crippen LogP contribution in [0.1, 0.15) is 64.2 Å². The van der Waals surface area contributed by atoms with Gasteiger partial charge in [0.15, 0.2) is 6.10 Å². The zero-order chi connectivity index (χ0) is 63.5. The number of hydrogen-bond donors (Lipinski definition) is 22. The number of aliphatic hydroxyl groups is 12. The Kier molecular flexibility index (Phi) is 29.9. The number of alkyl carbamates (subject to hydrolysis) is 2. The topological polar surface area (TPSA) is 571 Å². The number of ether oxygens (including phenoxy) is 2. The number of carbonyl (C=O) groups is 6. The molecule has 0 aromatic carbocycles. The SMILES string of the molecule is O=C(CCCCC1SCC2NC(=O)NC21)NCCCNC(=O)OC(CO)COP(=O)(O)OC1C(O)C(O)C(O)C(O)C1O.O=C(CCCCC1SCC2NC(=O)NC21)NCCCNC(=O)OCC(O)COP(=O)(O)OC1C(O)C(O)C(O)C(O)C1O. The molecule has 0 spiro atoms. The Labute approximate surface area is 501 Å². The number of rotatable bonds is 32. The van der Waals surface area contributed by atoms with Crippen LogP contribution in [0.2, 0.25) is 0 Å². The molecule has 6 aliphatic rings. The van der Waals surface area contributed by atoms with Crippen molar-refractivity contribution in [3.05, 3.63) is 0 Å². The molecule has 0 aromatic heterocycles. The van der Waals surface area contributed by atoms with Crippen LogP contribution in [0.4, 0.5) is 19.2 Å². The summed E-state index contributed by atoms with van der Waals surface area (Å²) in [5.74, 6) is 1.53. The van der Waals surface area contributed by atoms with Crippen LogP contribution in [0.15, 0.2) is 0 Å². The number of thioether (sulfide) groups is 2. The minimum atomic E-state index is -5.09. The molecular weight excluding hydrogens is 1240 g/mol. The lowest BCUT2D eigenvalue weighted by molar-refractivity contribution is -0.220. The number of unbranched alkanes of at least 4 members (excludes halogenated alkanes) is 2. The van der Waals surface area contributed by atoms with E-state index in [-0.39, 0.29) is 67.7 Å². The van der Waals surface area contributed by atoms with Crippen molar-refractivity contribution in [2.45, 2.75) is 184 Å². The lowest BCUT2D eigenvalue weighted by Crippen LogP contribution is -2.64. The van der Waals surface area contributed by atoms with Crippen LogP contribution < -0.4 is 42.5 Å². The zero-order valence-electron chi connectivity index (χ0n) is 46.4.